The molecule has 0 bridgehead atoms. The summed E-state index contributed by atoms with van der Waals surface area (Å²) in [4.78, 5) is 4.42. The first-order valence-electron chi connectivity index (χ1n) is 4.89. The van der Waals surface area contributed by atoms with Crippen LogP contribution in [-0.2, 0) is 0 Å². The Hall–Kier alpha value is -1.68. The Morgan fingerprint density at radius 1 is 1.19 bits per heavy atom. The highest BCUT2D eigenvalue weighted by molar-refractivity contribution is 9.10. The zero-order chi connectivity index (χ0) is 11.1. The largest absolute Gasteiger partial charge is 0.268 e. The standard InChI is InChI=1S/C12H9BrN3/c13-10-6-9-4-3-8-2-1-5-16(14)12(8)11(9)15-7-10/h1-7H,14H2/q+1. The zero-order valence-corrected chi connectivity index (χ0v) is 9.98. The van der Waals surface area contributed by atoms with Crippen LogP contribution in [-0.4, -0.2) is 4.98 Å². The summed E-state index contributed by atoms with van der Waals surface area (Å²) < 4.78 is 2.58. The highest BCUT2D eigenvalue weighted by atomic mass is 79.9. The Bertz CT molecular complexity index is 694. The molecule has 0 saturated heterocycles. The third kappa shape index (κ3) is 1.34. The molecule has 0 saturated carbocycles. The summed E-state index contributed by atoms with van der Waals surface area (Å²) in [6, 6.07) is 10.1. The lowest BCUT2D eigenvalue weighted by Gasteiger charge is -2.00. The molecule has 2 N–H and O–H groups in total. The first kappa shape index (κ1) is 9.54. The predicted molar refractivity (Wildman–Crippen MR) is 67.3 cm³/mol. The number of nitrogens with two attached hydrogens (primary N) is 1. The highest BCUT2D eigenvalue weighted by Crippen LogP contribution is 2.22. The molecule has 0 atom stereocenters. The van der Waals surface area contributed by atoms with E-state index in [0.29, 0.717) is 0 Å². The van der Waals surface area contributed by atoms with Crippen molar-refractivity contribution < 1.29 is 4.68 Å². The summed E-state index contributed by atoms with van der Waals surface area (Å²) in [5.74, 6) is 5.93. The molecule has 3 nitrogen and oxygen atoms in total. The Morgan fingerprint density at radius 3 is 2.88 bits per heavy atom. The molecule has 1 aromatic carbocycles. The van der Waals surface area contributed by atoms with E-state index in [0.717, 1.165) is 26.3 Å². The van der Waals surface area contributed by atoms with Gasteiger partial charge < -0.3 is 0 Å². The summed E-state index contributed by atoms with van der Waals surface area (Å²) in [5, 5.41) is 2.17. The van der Waals surface area contributed by atoms with Crippen LogP contribution < -0.4 is 10.5 Å². The maximum absolute atomic E-state index is 5.93. The molecule has 0 spiro atoms. The quantitative estimate of drug-likeness (QED) is 0.388. The lowest BCUT2D eigenvalue weighted by Crippen LogP contribution is -2.44. The van der Waals surface area contributed by atoms with Gasteiger partial charge >= 0.3 is 0 Å². The number of rotatable bonds is 0. The molecule has 0 aliphatic carbocycles. The lowest BCUT2D eigenvalue weighted by molar-refractivity contribution is -0.610. The van der Waals surface area contributed by atoms with E-state index in [1.54, 1.807) is 10.9 Å². The Labute approximate surface area is 101 Å². The first-order valence-corrected chi connectivity index (χ1v) is 5.69. The summed E-state index contributed by atoms with van der Waals surface area (Å²) in [7, 11) is 0. The lowest BCUT2D eigenvalue weighted by atomic mass is 10.1. The second-order valence-electron chi connectivity index (χ2n) is 3.64. The average molecular weight is 275 g/mol. The molecule has 0 unspecified atom stereocenters. The molecule has 16 heavy (non-hydrogen) atoms. The summed E-state index contributed by atoms with van der Waals surface area (Å²) in [6.07, 6.45) is 3.61. The molecule has 2 heterocycles. The van der Waals surface area contributed by atoms with E-state index >= 15 is 0 Å². The molecular formula is C12H9BrN3+. The van der Waals surface area contributed by atoms with Gasteiger partial charge in [0.05, 0.1) is 5.39 Å². The summed E-state index contributed by atoms with van der Waals surface area (Å²) in [5.41, 5.74) is 1.87. The molecule has 0 radical (unpaired) electrons. The SMILES string of the molecule is N[n+]1cccc2ccc3cc(Br)cnc3c21. The topological polar surface area (TPSA) is 42.8 Å². The van der Waals surface area contributed by atoms with Crippen LogP contribution in [0.5, 0.6) is 0 Å². The van der Waals surface area contributed by atoms with Crippen molar-refractivity contribution in [2.45, 2.75) is 0 Å². The van der Waals surface area contributed by atoms with Crippen molar-refractivity contribution in [2.24, 2.45) is 0 Å². The van der Waals surface area contributed by atoms with Gasteiger partial charge in [-0.15, -0.1) is 0 Å². The first-order chi connectivity index (χ1) is 7.75. The van der Waals surface area contributed by atoms with E-state index < -0.39 is 0 Å². The molecule has 3 aromatic rings. The van der Waals surface area contributed by atoms with Gasteiger partial charge in [-0.3, -0.25) is 0 Å². The number of aromatic nitrogens is 2. The number of pyridine rings is 2. The number of fused-ring (bicyclic) bond motifs is 3. The van der Waals surface area contributed by atoms with E-state index in [9.17, 15) is 0 Å². The van der Waals surface area contributed by atoms with Crippen molar-refractivity contribution in [1.82, 2.24) is 4.98 Å². The predicted octanol–water partition coefficient (Wildman–Crippen LogP) is 2.15. The smallest absolute Gasteiger partial charge is 0.248 e. The van der Waals surface area contributed by atoms with E-state index in [2.05, 4.69) is 33.0 Å². The minimum atomic E-state index is 0.920. The molecule has 0 amide bonds. The zero-order valence-electron chi connectivity index (χ0n) is 8.39. The van der Waals surface area contributed by atoms with E-state index in [4.69, 9.17) is 5.84 Å². The summed E-state index contributed by atoms with van der Waals surface area (Å²) in [6.45, 7) is 0. The van der Waals surface area contributed by atoms with Crippen LogP contribution in [0.4, 0.5) is 0 Å². The molecule has 0 fully saturated rings. The van der Waals surface area contributed by atoms with Crippen LogP contribution in [0.2, 0.25) is 0 Å². The molecule has 2 aromatic heterocycles. The fourth-order valence-electron chi connectivity index (χ4n) is 1.89. The van der Waals surface area contributed by atoms with Gasteiger partial charge in [-0.2, -0.15) is 0 Å². The maximum atomic E-state index is 5.93. The van der Waals surface area contributed by atoms with Crippen LogP contribution in [0, 0.1) is 0 Å². The Balaban J connectivity index is 2.58. The number of halogens is 1. The van der Waals surface area contributed by atoms with Crippen molar-refractivity contribution in [3.63, 3.8) is 0 Å². The van der Waals surface area contributed by atoms with E-state index in [-0.39, 0.29) is 0 Å². The van der Waals surface area contributed by atoms with Crippen LogP contribution in [0.15, 0.2) is 47.2 Å². The van der Waals surface area contributed by atoms with Gasteiger partial charge in [-0.25, -0.2) is 10.8 Å². The van der Waals surface area contributed by atoms with Gasteiger partial charge in [0.25, 0.3) is 5.52 Å². The fraction of sp³-hybridized carbons (Fsp3) is 0. The molecule has 78 valence electrons. The van der Waals surface area contributed by atoms with Crippen LogP contribution in [0.1, 0.15) is 0 Å². The third-order valence-electron chi connectivity index (χ3n) is 2.60. The average Bonchev–Trinajstić information content (AvgIpc) is 2.29. The van der Waals surface area contributed by atoms with Gasteiger partial charge in [-0.05, 0) is 34.1 Å². The fourth-order valence-corrected chi connectivity index (χ4v) is 2.24. The number of nitrogens with zero attached hydrogens (tertiary/aromatic N) is 2. The van der Waals surface area contributed by atoms with E-state index in [1.807, 2.05) is 24.4 Å². The molecular weight excluding hydrogens is 266 g/mol. The molecule has 3 rings (SSSR count). The van der Waals surface area contributed by atoms with Crippen molar-refractivity contribution in [3.8, 4) is 0 Å². The van der Waals surface area contributed by atoms with Crippen molar-refractivity contribution in [1.29, 1.82) is 0 Å². The number of hydrogen-bond acceptors (Lipinski definition) is 2. The van der Waals surface area contributed by atoms with Gasteiger partial charge in [0.1, 0.15) is 5.52 Å². The molecule has 4 heteroatoms. The van der Waals surface area contributed by atoms with Crippen molar-refractivity contribution >= 4 is 37.7 Å². The van der Waals surface area contributed by atoms with Gasteiger partial charge in [-0.1, -0.05) is 10.7 Å². The Kier molecular flexibility index (Phi) is 2.04. The van der Waals surface area contributed by atoms with E-state index in [1.165, 1.54) is 0 Å². The molecule has 0 aliphatic rings. The Morgan fingerprint density at radius 2 is 2.00 bits per heavy atom. The summed E-state index contributed by atoms with van der Waals surface area (Å²) >= 11 is 3.41. The van der Waals surface area contributed by atoms with Crippen molar-refractivity contribution in [2.75, 3.05) is 5.84 Å². The van der Waals surface area contributed by atoms with Crippen LogP contribution >= 0.6 is 15.9 Å². The second kappa shape index (κ2) is 3.42. The normalized spacial score (nSPS) is 11.1. The van der Waals surface area contributed by atoms with Crippen molar-refractivity contribution in [3.05, 3.63) is 47.2 Å². The number of benzene rings is 1. The van der Waals surface area contributed by atoms with Crippen LogP contribution in [0.3, 0.4) is 0 Å². The minimum absolute atomic E-state index is 0.920. The monoisotopic (exact) mass is 274 g/mol. The number of hydrogen-bond donors (Lipinski definition) is 1. The highest BCUT2D eigenvalue weighted by Gasteiger charge is 2.11. The maximum Gasteiger partial charge on any atom is 0.268 e. The van der Waals surface area contributed by atoms with Gasteiger partial charge in [0, 0.05) is 22.1 Å². The van der Waals surface area contributed by atoms with Gasteiger partial charge in [0.15, 0.2) is 6.20 Å². The minimum Gasteiger partial charge on any atom is -0.248 e. The second-order valence-corrected chi connectivity index (χ2v) is 4.56. The van der Waals surface area contributed by atoms with Gasteiger partial charge in [0.2, 0.25) is 0 Å². The third-order valence-corrected chi connectivity index (χ3v) is 3.04. The molecule has 0 aliphatic heterocycles. The van der Waals surface area contributed by atoms with Crippen LogP contribution in [0.25, 0.3) is 21.8 Å². The number of nitrogen functional groups attached to an aromatic ring is 1.